The highest BCUT2D eigenvalue weighted by molar-refractivity contribution is 9.10. The highest BCUT2D eigenvalue weighted by Crippen LogP contribution is 2.16. The van der Waals surface area contributed by atoms with Gasteiger partial charge in [0, 0.05) is 16.2 Å². The van der Waals surface area contributed by atoms with E-state index in [1.54, 1.807) is 25.1 Å². The predicted octanol–water partition coefficient (Wildman–Crippen LogP) is 3.89. The molecule has 0 heterocycles. The fraction of sp³-hybridized carbons (Fsp3) is 0.118. The number of benzene rings is 2. The lowest BCUT2D eigenvalue weighted by atomic mass is 10.2. The van der Waals surface area contributed by atoms with Crippen molar-refractivity contribution in [3.63, 3.8) is 0 Å². The molecule has 23 heavy (non-hydrogen) atoms. The molecule has 0 unspecified atom stereocenters. The average molecular weight is 394 g/mol. The fourth-order valence-corrected chi connectivity index (χ4v) is 3.18. The molecule has 0 radical (unpaired) electrons. The van der Waals surface area contributed by atoms with E-state index in [0.717, 1.165) is 10.0 Å². The Bertz CT molecular complexity index is 827. The number of nitrogens with one attached hydrogen (secondary N) is 1. The summed E-state index contributed by atoms with van der Waals surface area (Å²) in [5.41, 5.74) is 1.45. The number of amides is 1. The Kier molecular flexibility index (Phi) is 5.74. The Morgan fingerprint density at radius 2 is 1.87 bits per heavy atom. The number of carbonyl (C=O) groups excluding carboxylic acids is 1. The van der Waals surface area contributed by atoms with Crippen LogP contribution in [-0.4, -0.2) is 20.1 Å². The molecule has 0 aromatic heterocycles. The van der Waals surface area contributed by atoms with Crippen molar-refractivity contribution in [3.05, 3.63) is 64.6 Å². The summed E-state index contributed by atoms with van der Waals surface area (Å²) in [5, 5.41) is 2.69. The van der Waals surface area contributed by atoms with Gasteiger partial charge in [-0.2, -0.15) is 0 Å². The highest BCUT2D eigenvalue weighted by Gasteiger charge is 2.10. The van der Waals surface area contributed by atoms with E-state index >= 15 is 0 Å². The van der Waals surface area contributed by atoms with Crippen LogP contribution >= 0.6 is 15.9 Å². The van der Waals surface area contributed by atoms with Gasteiger partial charge in [-0.25, -0.2) is 8.42 Å². The summed E-state index contributed by atoms with van der Waals surface area (Å²) in [7, 11) is -3.22. The van der Waals surface area contributed by atoms with Crippen LogP contribution in [0.1, 0.15) is 12.5 Å². The van der Waals surface area contributed by atoms with E-state index < -0.39 is 9.84 Å². The van der Waals surface area contributed by atoms with E-state index in [1.807, 2.05) is 24.3 Å². The second-order valence-corrected chi connectivity index (χ2v) is 8.00. The molecule has 120 valence electrons. The Morgan fingerprint density at radius 3 is 2.48 bits per heavy atom. The van der Waals surface area contributed by atoms with Crippen LogP contribution in [0.5, 0.6) is 0 Å². The molecule has 1 N–H and O–H groups in total. The number of carbonyl (C=O) groups is 1. The Labute approximate surface area is 144 Å². The summed E-state index contributed by atoms with van der Waals surface area (Å²) in [6, 6.07) is 13.7. The third kappa shape index (κ3) is 5.04. The third-order valence-corrected chi connectivity index (χ3v) is 5.38. The summed E-state index contributed by atoms with van der Waals surface area (Å²) in [6.07, 6.45) is 3.13. The molecule has 1 amide bonds. The minimum absolute atomic E-state index is 0.0497. The lowest BCUT2D eigenvalue weighted by Crippen LogP contribution is -2.08. The van der Waals surface area contributed by atoms with Crippen molar-refractivity contribution in [2.75, 3.05) is 11.1 Å². The van der Waals surface area contributed by atoms with Gasteiger partial charge in [0.15, 0.2) is 9.84 Å². The van der Waals surface area contributed by atoms with Gasteiger partial charge < -0.3 is 5.32 Å². The number of halogens is 1. The highest BCUT2D eigenvalue weighted by atomic mass is 79.9. The zero-order valence-corrected chi connectivity index (χ0v) is 14.9. The maximum atomic E-state index is 11.9. The molecule has 0 saturated carbocycles. The van der Waals surface area contributed by atoms with Crippen LogP contribution in [0.4, 0.5) is 5.69 Å². The molecule has 0 aliphatic heterocycles. The molecule has 2 rings (SSSR count). The van der Waals surface area contributed by atoms with E-state index in [0.29, 0.717) is 5.69 Å². The second-order valence-electron chi connectivity index (χ2n) is 4.81. The molecular weight excluding hydrogens is 378 g/mol. The van der Waals surface area contributed by atoms with Crippen LogP contribution in [0, 0.1) is 0 Å². The van der Waals surface area contributed by atoms with Crippen molar-refractivity contribution in [1.82, 2.24) is 0 Å². The quantitative estimate of drug-likeness (QED) is 0.783. The van der Waals surface area contributed by atoms with Gasteiger partial charge in [0.1, 0.15) is 0 Å². The lowest BCUT2D eigenvalue weighted by Gasteiger charge is -2.04. The maximum Gasteiger partial charge on any atom is 0.248 e. The summed E-state index contributed by atoms with van der Waals surface area (Å²) in [4.78, 5) is 12.1. The van der Waals surface area contributed by atoms with Gasteiger partial charge in [-0.05, 0) is 48.0 Å². The first-order valence-corrected chi connectivity index (χ1v) is 9.43. The van der Waals surface area contributed by atoms with Crippen LogP contribution in [0.15, 0.2) is 64.0 Å². The third-order valence-electron chi connectivity index (χ3n) is 3.14. The fourth-order valence-electron chi connectivity index (χ4n) is 1.88. The zero-order valence-electron chi connectivity index (χ0n) is 12.5. The molecule has 0 saturated heterocycles. The van der Waals surface area contributed by atoms with Gasteiger partial charge in [0.05, 0.1) is 10.6 Å². The molecule has 4 nitrogen and oxygen atoms in total. The Balaban J connectivity index is 2.03. The molecule has 0 atom stereocenters. The van der Waals surface area contributed by atoms with Crippen LogP contribution in [0.3, 0.4) is 0 Å². The SMILES string of the molecule is CCS(=O)(=O)c1ccc(NC(=O)/C=C/c2cccc(Br)c2)cc1. The van der Waals surface area contributed by atoms with E-state index in [4.69, 9.17) is 0 Å². The molecular formula is C17H16BrNO3S. The van der Waals surface area contributed by atoms with Gasteiger partial charge in [0.2, 0.25) is 5.91 Å². The van der Waals surface area contributed by atoms with Gasteiger partial charge in [0.25, 0.3) is 0 Å². The minimum atomic E-state index is -3.22. The summed E-state index contributed by atoms with van der Waals surface area (Å²) in [6.45, 7) is 1.59. The van der Waals surface area contributed by atoms with Crippen LogP contribution in [-0.2, 0) is 14.6 Å². The van der Waals surface area contributed by atoms with Crippen molar-refractivity contribution in [3.8, 4) is 0 Å². The molecule has 2 aromatic rings. The van der Waals surface area contributed by atoms with Gasteiger partial charge in [-0.15, -0.1) is 0 Å². The van der Waals surface area contributed by atoms with E-state index in [-0.39, 0.29) is 16.6 Å². The summed E-state index contributed by atoms with van der Waals surface area (Å²) >= 11 is 3.37. The predicted molar refractivity (Wildman–Crippen MR) is 96.0 cm³/mol. The van der Waals surface area contributed by atoms with E-state index in [2.05, 4.69) is 21.2 Å². The monoisotopic (exact) mass is 393 g/mol. The molecule has 0 fully saturated rings. The topological polar surface area (TPSA) is 63.2 Å². The first kappa shape index (κ1) is 17.4. The molecule has 6 heteroatoms. The van der Waals surface area contributed by atoms with E-state index in [1.165, 1.54) is 18.2 Å². The van der Waals surface area contributed by atoms with Gasteiger partial charge in [-0.1, -0.05) is 35.0 Å². The van der Waals surface area contributed by atoms with Crippen LogP contribution in [0.25, 0.3) is 6.08 Å². The average Bonchev–Trinajstić information content (AvgIpc) is 2.53. The van der Waals surface area contributed by atoms with Crippen molar-refractivity contribution in [2.24, 2.45) is 0 Å². The smallest absolute Gasteiger partial charge is 0.248 e. The van der Waals surface area contributed by atoms with Gasteiger partial charge >= 0.3 is 0 Å². The van der Waals surface area contributed by atoms with E-state index in [9.17, 15) is 13.2 Å². The van der Waals surface area contributed by atoms with Crippen LogP contribution < -0.4 is 5.32 Å². The summed E-state index contributed by atoms with van der Waals surface area (Å²) in [5.74, 6) is -0.232. The molecule has 0 aliphatic carbocycles. The second kappa shape index (κ2) is 7.57. The molecule has 2 aromatic carbocycles. The minimum Gasteiger partial charge on any atom is -0.323 e. The van der Waals surface area contributed by atoms with Crippen molar-refractivity contribution < 1.29 is 13.2 Å². The normalized spacial score (nSPS) is 11.6. The van der Waals surface area contributed by atoms with Crippen molar-refractivity contribution in [1.29, 1.82) is 0 Å². The lowest BCUT2D eigenvalue weighted by molar-refractivity contribution is -0.111. The van der Waals surface area contributed by atoms with Crippen molar-refractivity contribution >= 4 is 43.4 Å². The number of hydrogen-bond acceptors (Lipinski definition) is 3. The maximum absolute atomic E-state index is 11.9. The largest absolute Gasteiger partial charge is 0.323 e. The number of rotatable bonds is 5. The Hall–Kier alpha value is -1.92. The van der Waals surface area contributed by atoms with Gasteiger partial charge in [-0.3, -0.25) is 4.79 Å². The summed E-state index contributed by atoms with van der Waals surface area (Å²) < 4.78 is 24.4. The molecule has 0 aliphatic rings. The Morgan fingerprint density at radius 1 is 1.17 bits per heavy atom. The molecule has 0 bridgehead atoms. The molecule has 0 spiro atoms. The number of anilines is 1. The zero-order chi connectivity index (χ0) is 16.9. The first-order chi connectivity index (χ1) is 10.9. The van der Waals surface area contributed by atoms with Crippen molar-refractivity contribution in [2.45, 2.75) is 11.8 Å². The number of sulfone groups is 1. The standard InChI is InChI=1S/C17H16BrNO3S/c1-2-23(21,22)16-9-7-15(8-10-16)19-17(20)11-6-13-4-3-5-14(18)12-13/h3-12H,2H2,1H3,(H,19,20)/b11-6+. The number of hydrogen-bond donors (Lipinski definition) is 1. The van der Waals surface area contributed by atoms with Crippen LogP contribution in [0.2, 0.25) is 0 Å². The first-order valence-electron chi connectivity index (χ1n) is 6.98.